The molecule has 11 heteroatoms. The summed E-state index contributed by atoms with van der Waals surface area (Å²) < 4.78 is 3.73. The Kier molecular flexibility index (Phi) is 4.01. The maximum absolute atomic E-state index is 12.8. The quantitative estimate of drug-likeness (QED) is 0.503. The maximum Gasteiger partial charge on any atom is 0.266 e. The number of amides is 1. The van der Waals surface area contributed by atoms with E-state index in [0.717, 1.165) is 16.5 Å². The number of thiazole rings is 1. The van der Waals surface area contributed by atoms with Crippen LogP contribution in [0.5, 0.6) is 0 Å². The van der Waals surface area contributed by atoms with Crippen molar-refractivity contribution in [3.63, 3.8) is 0 Å². The third kappa shape index (κ3) is 2.99. The summed E-state index contributed by atoms with van der Waals surface area (Å²) in [6.45, 7) is 3.57. The smallest absolute Gasteiger partial charge is 0.266 e. The Morgan fingerprint density at radius 1 is 1.21 bits per heavy atom. The summed E-state index contributed by atoms with van der Waals surface area (Å²) in [7, 11) is 0. The minimum absolute atomic E-state index is 0.0192. The lowest BCUT2D eigenvalue weighted by molar-refractivity contribution is 0.0502. The average molecular weight is 395 g/mol. The fourth-order valence-corrected chi connectivity index (χ4v) is 4.12. The Morgan fingerprint density at radius 3 is 2.71 bits per heavy atom. The lowest BCUT2D eigenvalue weighted by atomic mass is 10.1. The van der Waals surface area contributed by atoms with E-state index in [1.165, 1.54) is 11.3 Å². The molecule has 0 spiro atoms. The molecule has 4 aromatic rings. The highest BCUT2D eigenvalue weighted by Crippen LogP contribution is 2.28. The van der Waals surface area contributed by atoms with Crippen LogP contribution in [0.2, 0.25) is 0 Å². The van der Waals surface area contributed by atoms with Gasteiger partial charge in [0.1, 0.15) is 17.1 Å². The molecule has 28 heavy (non-hydrogen) atoms. The van der Waals surface area contributed by atoms with Crippen LogP contribution < -0.4 is 0 Å². The van der Waals surface area contributed by atoms with E-state index < -0.39 is 0 Å². The Morgan fingerprint density at radius 2 is 1.96 bits per heavy atom. The minimum Gasteiger partial charge on any atom is -0.333 e. The van der Waals surface area contributed by atoms with Gasteiger partial charge in [0, 0.05) is 25.5 Å². The fraction of sp³-hybridized carbons (Fsp3) is 0.294. The molecule has 1 amide bonds. The van der Waals surface area contributed by atoms with E-state index in [2.05, 4.69) is 25.5 Å². The molecule has 1 saturated heterocycles. The van der Waals surface area contributed by atoms with E-state index in [-0.39, 0.29) is 11.9 Å². The van der Waals surface area contributed by atoms with Gasteiger partial charge in [-0.2, -0.15) is 15.0 Å². The molecule has 5 heterocycles. The van der Waals surface area contributed by atoms with Crippen LogP contribution in [-0.4, -0.2) is 63.4 Å². The number of hydrogen-bond acceptors (Lipinski definition) is 7. The van der Waals surface area contributed by atoms with Gasteiger partial charge in [0.15, 0.2) is 5.13 Å². The Balaban J connectivity index is 1.23. The molecule has 142 valence electrons. The number of nitrogens with zero attached hydrogens (tertiary/aromatic N) is 9. The first-order valence-electron chi connectivity index (χ1n) is 8.82. The molecule has 0 unspecified atom stereocenters. The van der Waals surface area contributed by atoms with Crippen LogP contribution in [0.1, 0.15) is 27.1 Å². The van der Waals surface area contributed by atoms with E-state index in [1.807, 2.05) is 51.8 Å². The number of hydrogen-bond donors (Lipinski definition) is 0. The van der Waals surface area contributed by atoms with E-state index >= 15 is 0 Å². The summed E-state index contributed by atoms with van der Waals surface area (Å²) in [5, 5.41) is 17.3. The predicted molar refractivity (Wildman–Crippen MR) is 100 cm³/mol. The normalized spacial score (nSPS) is 14.4. The summed E-state index contributed by atoms with van der Waals surface area (Å²) >= 11 is 1.42. The Hall–Kier alpha value is -3.34. The second-order valence-corrected chi connectivity index (χ2v) is 7.59. The van der Waals surface area contributed by atoms with Crippen molar-refractivity contribution in [1.29, 1.82) is 0 Å². The second-order valence-electron chi connectivity index (χ2n) is 6.61. The summed E-state index contributed by atoms with van der Waals surface area (Å²) in [5.74, 6) is 0.0192. The first-order valence-corrected chi connectivity index (χ1v) is 9.64. The van der Waals surface area contributed by atoms with Gasteiger partial charge in [0.05, 0.1) is 30.3 Å². The van der Waals surface area contributed by atoms with Crippen molar-refractivity contribution in [3.8, 4) is 5.13 Å². The van der Waals surface area contributed by atoms with Gasteiger partial charge in [-0.1, -0.05) is 16.6 Å². The highest BCUT2D eigenvalue weighted by Gasteiger charge is 2.35. The second kappa shape index (κ2) is 6.68. The first-order chi connectivity index (χ1) is 13.7. The highest BCUT2D eigenvalue weighted by molar-refractivity contribution is 7.16. The maximum atomic E-state index is 12.8. The summed E-state index contributed by atoms with van der Waals surface area (Å²) in [5.41, 5.74) is 1.55. The first kappa shape index (κ1) is 16.8. The van der Waals surface area contributed by atoms with E-state index in [0.29, 0.717) is 24.5 Å². The van der Waals surface area contributed by atoms with Gasteiger partial charge in [0.2, 0.25) is 0 Å². The molecule has 1 fully saturated rings. The van der Waals surface area contributed by atoms with Gasteiger partial charge in [0.25, 0.3) is 5.91 Å². The van der Waals surface area contributed by atoms with Crippen LogP contribution in [0.25, 0.3) is 5.13 Å². The van der Waals surface area contributed by atoms with Crippen molar-refractivity contribution in [2.45, 2.75) is 19.5 Å². The third-order valence-corrected chi connectivity index (χ3v) is 5.82. The Labute approximate surface area is 164 Å². The van der Waals surface area contributed by atoms with Crippen molar-refractivity contribution in [2.24, 2.45) is 0 Å². The fourth-order valence-electron chi connectivity index (χ4n) is 3.12. The molecule has 4 aromatic heterocycles. The van der Waals surface area contributed by atoms with Gasteiger partial charge < -0.3 is 9.47 Å². The summed E-state index contributed by atoms with van der Waals surface area (Å²) in [6.07, 6.45) is 8.99. The highest BCUT2D eigenvalue weighted by atomic mass is 32.1. The molecule has 0 saturated carbocycles. The van der Waals surface area contributed by atoms with Crippen LogP contribution >= 0.6 is 11.3 Å². The number of carbonyl (C=O) groups excluding carboxylic acids is 1. The molecule has 1 aliphatic rings. The third-order valence-electron chi connectivity index (χ3n) is 4.66. The molecule has 0 N–H and O–H groups in total. The van der Waals surface area contributed by atoms with Gasteiger partial charge >= 0.3 is 0 Å². The molecular formula is C17H17N9OS. The largest absolute Gasteiger partial charge is 0.333 e. The van der Waals surface area contributed by atoms with E-state index in [1.54, 1.807) is 17.2 Å². The molecule has 0 aliphatic carbocycles. The van der Waals surface area contributed by atoms with Crippen LogP contribution in [-0.2, 0) is 6.54 Å². The number of rotatable bonds is 5. The van der Waals surface area contributed by atoms with Crippen LogP contribution in [0.4, 0.5) is 0 Å². The molecule has 0 bridgehead atoms. The topological polar surface area (TPSA) is 99.6 Å². The van der Waals surface area contributed by atoms with E-state index in [9.17, 15) is 4.79 Å². The van der Waals surface area contributed by atoms with Crippen LogP contribution in [0.15, 0.2) is 43.1 Å². The lowest BCUT2D eigenvalue weighted by Crippen LogP contribution is -2.50. The zero-order valence-corrected chi connectivity index (χ0v) is 15.9. The average Bonchev–Trinajstić information content (AvgIpc) is 3.42. The molecule has 5 rings (SSSR count). The Bertz CT molecular complexity index is 1090. The molecular weight excluding hydrogens is 378 g/mol. The number of aryl methyl sites for hydroxylation is 1. The van der Waals surface area contributed by atoms with Gasteiger partial charge in [-0.05, 0) is 19.1 Å². The number of aromatic nitrogens is 8. The van der Waals surface area contributed by atoms with Crippen molar-refractivity contribution < 1.29 is 4.79 Å². The molecule has 0 radical (unpaired) electrons. The SMILES string of the molecule is Cc1nc(-n2cccc2)sc1C(=O)N1CC(n2cc(Cn3nccn3)nn2)C1. The zero-order valence-electron chi connectivity index (χ0n) is 15.1. The van der Waals surface area contributed by atoms with Crippen molar-refractivity contribution in [2.75, 3.05) is 13.1 Å². The summed E-state index contributed by atoms with van der Waals surface area (Å²) in [4.78, 5) is 21.4. The van der Waals surface area contributed by atoms with Crippen molar-refractivity contribution >= 4 is 17.2 Å². The summed E-state index contributed by atoms with van der Waals surface area (Å²) in [6, 6.07) is 4.01. The standard InChI is InChI=1S/C17H17N9OS/c1-12-15(28-17(20-12)23-6-2-3-7-23)16(27)24-10-14(11-24)25-8-13(21-22-25)9-26-18-4-5-19-26/h2-8,14H,9-11H2,1H3. The lowest BCUT2D eigenvalue weighted by Gasteiger charge is -2.38. The predicted octanol–water partition coefficient (Wildman–Crippen LogP) is 1.17. The molecule has 1 aliphatic heterocycles. The molecule has 0 atom stereocenters. The monoisotopic (exact) mass is 395 g/mol. The van der Waals surface area contributed by atoms with Gasteiger partial charge in [-0.15, -0.1) is 5.10 Å². The van der Waals surface area contributed by atoms with Crippen LogP contribution in [0.3, 0.4) is 0 Å². The number of likely N-dealkylation sites (tertiary alicyclic amines) is 1. The van der Waals surface area contributed by atoms with E-state index in [4.69, 9.17) is 0 Å². The van der Waals surface area contributed by atoms with Crippen molar-refractivity contribution in [3.05, 3.63) is 59.4 Å². The van der Waals surface area contributed by atoms with Crippen LogP contribution in [0, 0.1) is 6.92 Å². The van der Waals surface area contributed by atoms with Crippen molar-refractivity contribution in [1.82, 2.24) is 44.4 Å². The molecule has 0 aromatic carbocycles. The van der Waals surface area contributed by atoms with Gasteiger partial charge in [-0.25, -0.2) is 9.67 Å². The van der Waals surface area contributed by atoms with Gasteiger partial charge in [-0.3, -0.25) is 4.79 Å². The molecule has 10 nitrogen and oxygen atoms in total. The zero-order chi connectivity index (χ0) is 19.1. The number of carbonyl (C=O) groups is 1. The minimum atomic E-state index is 0.0192.